The monoisotopic (exact) mass is 560 g/mol. The van der Waals surface area contributed by atoms with Crippen LogP contribution < -0.4 is 9.80 Å². The van der Waals surface area contributed by atoms with Gasteiger partial charge in [-0.05, 0) is 76.7 Å². The first-order valence-corrected chi connectivity index (χ1v) is 12.6. The number of amides is 2. The van der Waals surface area contributed by atoms with Gasteiger partial charge in [-0.15, -0.1) is 0 Å². The Labute approximate surface area is 220 Å². The van der Waals surface area contributed by atoms with Gasteiger partial charge in [-0.3, -0.25) is 19.4 Å². The summed E-state index contributed by atoms with van der Waals surface area (Å²) in [5.74, 6) is -0.646. The number of para-hydroxylation sites is 2. The van der Waals surface area contributed by atoms with Crippen molar-refractivity contribution in [2.24, 2.45) is 0 Å². The third-order valence-corrected chi connectivity index (χ3v) is 7.41. The largest absolute Gasteiger partial charge is 0.449 e. The molecule has 172 valence electrons. The molecule has 0 unspecified atom stereocenters. The molecule has 2 amide bonds. The molecule has 1 aliphatic rings. The maximum Gasteiger partial charge on any atom is 0.270 e. The summed E-state index contributed by atoms with van der Waals surface area (Å²) in [6, 6.07) is 29.6. The lowest BCUT2D eigenvalue weighted by atomic mass is 10.1. The number of anilines is 2. The zero-order chi connectivity index (χ0) is 24.4. The maximum atomic E-state index is 13.6. The molecule has 1 saturated heterocycles. The second-order valence-electron chi connectivity index (χ2n) is 7.49. The van der Waals surface area contributed by atoms with Crippen molar-refractivity contribution in [1.29, 1.82) is 0 Å². The quantitative estimate of drug-likeness (QED) is 0.150. The summed E-state index contributed by atoms with van der Waals surface area (Å²) < 4.78 is 6.72. The number of thiocarbonyl (C=S) groups is 1. The molecule has 0 bridgehead atoms. The van der Waals surface area contributed by atoms with Gasteiger partial charge in [0.2, 0.25) is 0 Å². The van der Waals surface area contributed by atoms with Crippen molar-refractivity contribution >= 4 is 74.3 Å². The Morgan fingerprint density at radius 1 is 0.771 bits per heavy atom. The van der Waals surface area contributed by atoms with Gasteiger partial charge >= 0.3 is 0 Å². The van der Waals surface area contributed by atoms with Gasteiger partial charge in [-0.1, -0.05) is 66.4 Å². The highest BCUT2D eigenvalue weighted by Crippen LogP contribution is 2.37. The molecular formula is C27H17BrN2O3S2. The Morgan fingerprint density at radius 3 is 1.77 bits per heavy atom. The predicted octanol–water partition coefficient (Wildman–Crippen LogP) is 6.94. The van der Waals surface area contributed by atoms with Crippen molar-refractivity contribution in [2.45, 2.75) is 9.99 Å². The van der Waals surface area contributed by atoms with E-state index in [9.17, 15) is 9.59 Å². The normalized spacial score (nSPS) is 14.0. The minimum absolute atomic E-state index is 0.0520. The summed E-state index contributed by atoms with van der Waals surface area (Å²) >= 11 is 10.6. The first-order chi connectivity index (χ1) is 17.0. The van der Waals surface area contributed by atoms with Gasteiger partial charge in [-0.2, -0.15) is 0 Å². The van der Waals surface area contributed by atoms with Crippen molar-refractivity contribution in [3.05, 3.63) is 113 Å². The van der Waals surface area contributed by atoms with Gasteiger partial charge in [-0.25, -0.2) is 0 Å². The van der Waals surface area contributed by atoms with Crippen LogP contribution in [0.4, 0.5) is 11.4 Å². The van der Waals surface area contributed by atoms with Gasteiger partial charge < -0.3 is 4.42 Å². The number of hydrogen-bond donors (Lipinski definition) is 0. The Hall–Kier alpha value is -3.46. The van der Waals surface area contributed by atoms with E-state index in [1.807, 2.05) is 66.7 Å². The molecule has 35 heavy (non-hydrogen) atoms. The fourth-order valence-corrected chi connectivity index (χ4v) is 5.31. The molecule has 2 heterocycles. The van der Waals surface area contributed by atoms with E-state index in [1.165, 1.54) is 27.6 Å². The average Bonchev–Trinajstić information content (AvgIpc) is 3.22. The van der Waals surface area contributed by atoms with Crippen LogP contribution in [0.5, 0.6) is 0 Å². The van der Waals surface area contributed by atoms with Crippen LogP contribution in [0.3, 0.4) is 0 Å². The van der Waals surface area contributed by atoms with E-state index in [0.717, 1.165) is 9.37 Å². The van der Waals surface area contributed by atoms with E-state index in [-0.39, 0.29) is 10.7 Å². The molecular weight excluding hydrogens is 544 g/mol. The first-order valence-electron chi connectivity index (χ1n) is 10.6. The summed E-state index contributed by atoms with van der Waals surface area (Å²) in [7, 11) is 0. The lowest BCUT2D eigenvalue weighted by molar-refractivity contribution is -0.120. The van der Waals surface area contributed by atoms with E-state index in [4.69, 9.17) is 16.6 Å². The third kappa shape index (κ3) is 4.73. The number of nitrogens with zero attached hydrogens (tertiary/aromatic N) is 2. The summed E-state index contributed by atoms with van der Waals surface area (Å²) in [5, 5.41) is 0.713. The number of benzene rings is 3. The molecule has 3 aromatic carbocycles. The number of furan rings is 1. The average molecular weight is 561 g/mol. The van der Waals surface area contributed by atoms with Crippen LogP contribution in [0.15, 0.2) is 122 Å². The van der Waals surface area contributed by atoms with Crippen LogP contribution in [0.1, 0.15) is 5.76 Å². The molecule has 0 aliphatic carbocycles. The van der Waals surface area contributed by atoms with Gasteiger partial charge in [0.25, 0.3) is 11.8 Å². The molecule has 1 fully saturated rings. The van der Waals surface area contributed by atoms with Crippen LogP contribution in [-0.4, -0.2) is 16.9 Å². The van der Waals surface area contributed by atoms with Crippen LogP contribution in [0.2, 0.25) is 0 Å². The zero-order valence-corrected chi connectivity index (χ0v) is 21.3. The van der Waals surface area contributed by atoms with Crippen molar-refractivity contribution < 1.29 is 14.0 Å². The molecule has 0 spiro atoms. The number of rotatable bonds is 5. The van der Waals surface area contributed by atoms with Crippen LogP contribution in [0, 0.1) is 0 Å². The number of halogens is 1. The van der Waals surface area contributed by atoms with Crippen molar-refractivity contribution in [1.82, 2.24) is 0 Å². The molecule has 1 aliphatic heterocycles. The molecule has 0 radical (unpaired) electrons. The van der Waals surface area contributed by atoms with Crippen molar-refractivity contribution in [2.75, 3.05) is 9.80 Å². The summed E-state index contributed by atoms with van der Waals surface area (Å²) in [4.78, 5) is 30.9. The Bertz CT molecular complexity index is 1370. The highest BCUT2D eigenvalue weighted by Gasteiger charge is 2.41. The van der Waals surface area contributed by atoms with E-state index < -0.39 is 11.8 Å². The van der Waals surface area contributed by atoms with E-state index in [1.54, 1.807) is 30.3 Å². The van der Waals surface area contributed by atoms with E-state index in [2.05, 4.69) is 15.9 Å². The number of carbonyl (C=O) groups is 2. The van der Waals surface area contributed by atoms with Crippen LogP contribution >= 0.6 is 39.9 Å². The summed E-state index contributed by atoms with van der Waals surface area (Å²) in [6.07, 6.45) is 1.47. The van der Waals surface area contributed by atoms with Gasteiger partial charge in [0.05, 0.1) is 15.8 Å². The zero-order valence-electron chi connectivity index (χ0n) is 18.1. The molecule has 0 N–H and O–H groups in total. The Kier molecular flexibility index (Phi) is 6.68. The topological polar surface area (TPSA) is 53.8 Å². The first kappa shape index (κ1) is 23.3. The second-order valence-corrected chi connectivity index (χ2v) is 9.76. The molecule has 4 aromatic rings. The van der Waals surface area contributed by atoms with E-state index >= 15 is 0 Å². The van der Waals surface area contributed by atoms with Gasteiger partial charge in [0.1, 0.15) is 11.3 Å². The maximum absolute atomic E-state index is 13.6. The SMILES string of the molecule is O=C1C(=Cc2cc(Br)c(Sc3ccccc3)o2)C(=O)N(c2ccccc2)C(=S)N1c1ccccc1. The van der Waals surface area contributed by atoms with Gasteiger partial charge in [0, 0.05) is 4.90 Å². The van der Waals surface area contributed by atoms with Crippen LogP contribution in [0.25, 0.3) is 6.08 Å². The second kappa shape index (κ2) is 10.0. The molecule has 1 aromatic heterocycles. The highest BCUT2D eigenvalue weighted by atomic mass is 79.9. The molecule has 0 saturated carbocycles. The predicted molar refractivity (Wildman–Crippen MR) is 145 cm³/mol. The smallest absolute Gasteiger partial charge is 0.270 e. The lowest BCUT2D eigenvalue weighted by Crippen LogP contribution is -2.56. The highest BCUT2D eigenvalue weighted by molar-refractivity contribution is 9.10. The number of carbonyl (C=O) groups excluding carboxylic acids is 2. The minimum Gasteiger partial charge on any atom is -0.449 e. The standard InChI is InChI=1S/C27H17BrN2O3S2/c28-23-17-20(33-26(23)35-21-14-8-3-9-15-21)16-22-24(31)29(18-10-4-1-5-11-18)27(34)30(25(22)32)19-12-6-2-7-13-19/h1-17H. The Morgan fingerprint density at radius 2 is 1.26 bits per heavy atom. The molecule has 0 atom stereocenters. The fraction of sp³-hybridized carbons (Fsp3) is 0. The molecule has 5 nitrogen and oxygen atoms in total. The van der Waals surface area contributed by atoms with Crippen molar-refractivity contribution in [3.8, 4) is 0 Å². The van der Waals surface area contributed by atoms with Gasteiger partial charge in [0.15, 0.2) is 10.2 Å². The Balaban J connectivity index is 1.56. The third-order valence-electron chi connectivity index (χ3n) is 5.19. The minimum atomic E-state index is -0.511. The number of hydrogen-bond acceptors (Lipinski definition) is 5. The molecule has 5 rings (SSSR count). The summed E-state index contributed by atoms with van der Waals surface area (Å²) in [6.45, 7) is 0. The van der Waals surface area contributed by atoms with E-state index in [0.29, 0.717) is 22.2 Å². The summed E-state index contributed by atoms with van der Waals surface area (Å²) in [5.41, 5.74) is 1.09. The van der Waals surface area contributed by atoms with Crippen LogP contribution in [-0.2, 0) is 9.59 Å². The fourth-order valence-electron chi connectivity index (χ4n) is 3.59. The van der Waals surface area contributed by atoms with Crippen molar-refractivity contribution in [3.63, 3.8) is 0 Å². The molecule has 8 heteroatoms. The lowest BCUT2D eigenvalue weighted by Gasteiger charge is -2.36.